The lowest BCUT2D eigenvalue weighted by Gasteiger charge is -2.23. The minimum Gasteiger partial charge on any atom is -0.399 e. The van der Waals surface area contributed by atoms with Crippen molar-refractivity contribution in [2.45, 2.75) is 0 Å². The highest BCUT2D eigenvalue weighted by Gasteiger charge is 2.10. The number of hydrogen-bond acceptors (Lipinski definition) is 2. The zero-order valence-corrected chi connectivity index (χ0v) is 9.73. The van der Waals surface area contributed by atoms with E-state index in [2.05, 4.69) is 0 Å². The second-order valence-corrected chi connectivity index (χ2v) is 3.83. The Morgan fingerprint density at radius 1 is 1.20 bits per heavy atom. The summed E-state index contributed by atoms with van der Waals surface area (Å²) in [5.74, 6) is 0.520. The topological polar surface area (TPSA) is 29.3 Å². The van der Waals surface area contributed by atoms with E-state index in [-0.39, 0.29) is 5.82 Å². The number of halogens is 3. The molecule has 0 fully saturated rings. The van der Waals surface area contributed by atoms with Crippen molar-refractivity contribution in [3.63, 3.8) is 0 Å². The van der Waals surface area contributed by atoms with Gasteiger partial charge in [-0.2, -0.15) is 0 Å². The zero-order chi connectivity index (χ0) is 11.3. The van der Waals surface area contributed by atoms with E-state index in [1.165, 1.54) is 6.07 Å². The summed E-state index contributed by atoms with van der Waals surface area (Å²) in [6.45, 7) is 1.13. The molecule has 1 rings (SSSR count). The number of nitrogens with two attached hydrogens (primary N) is 1. The van der Waals surface area contributed by atoms with Crippen molar-refractivity contribution < 1.29 is 4.39 Å². The van der Waals surface area contributed by atoms with Crippen LogP contribution in [0.4, 0.5) is 15.8 Å². The standard InChI is InChI=1S/C10H13Cl2FN2/c11-3-5-15(6-4-12)10-2-1-8(14)7-9(10)13/h1-2,7H,3-6,14H2. The fourth-order valence-electron chi connectivity index (χ4n) is 1.34. The van der Waals surface area contributed by atoms with Crippen LogP contribution in [0.2, 0.25) is 0 Å². The van der Waals surface area contributed by atoms with Gasteiger partial charge in [-0.25, -0.2) is 4.39 Å². The molecule has 0 radical (unpaired) electrons. The highest BCUT2D eigenvalue weighted by Crippen LogP contribution is 2.21. The maximum atomic E-state index is 13.5. The van der Waals surface area contributed by atoms with Gasteiger partial charge in [-0.05, 0) is 18.2 Å². The van der Waals surface area contributed by atoms with Gasteiger partial charge < -0.3 is 10.6 Å². The lowest BCUT2D eigenvalue weighted by molar-refractivity contribution is 0.621. The van der Waals surface area contributed by atoms with Crippen LogP contribution in [0.1, 0.15) is 0 Å². The van der Waals surface area contributed by atoms with E-state index in [0.29, 0.717) is 36.2 Å². The predicted molar refractivity (Wildman–Crippen MR) is 64.5 cm³/mol. The van der Waals surface area contributed by atoms with E-state index in [4.69, 9.17) is 28.9 Å². The molecule has 1 aromatic carbocycles. The molecule has 0 bridgehead atoms. The molecule has 0 aliphatic heterocycles. The maximum Gasteiger partial charge on any atom is 0.148 e. The summed E-state index contributed by atoms with van der Waals surface area (Å²) in [4.78, 5) is 1.80. The van der Waals surface area contributed by atoms with E-state index in [1.807, 2.05) is 0 Å². The van der Waals surface area contributed by atoms with Crippen molar-refractivity contribution in [2.75, 3.05) is 35.5 Å². The lowest BCUT2D eigenvalue weighted by atomic mass is 10.2. The van der Waals surface area contributed by atoms with Crippen LogP contribution in [0, 0.1) is 5.82 Å². The van der Waals surface area contributed by atoms with Crippen molar-refractivity contribution >= 4 is 34.6 Å². The number of hydrogen-bond donors (Lipinski definition) is 1. The number of anilines is 2. The molecule has 0 heterocycles. The minimum absolute atomic E-state index is 0.342. The lowest BCUT2D eigenvalue weighted by Crippen LogP contribution is -2.28. The molecule has 0 aromatic heterocycles. The van der Waals surface area contributed by atoms with E-state index in [0.717, 1.165) is 0 Å². The molecule has 0 saturated heterocycles. The third kappa shape index (κ3) is 3.43. The van der Waals surface area contributed by atoms with Gasteiger partial charge in [-0.15, -0.1) is 23.2 Å². The van der Waals surface area contributed by atoms with Crippen LogP contribution < -0.4 is 10.6 Å². The fourth-order valence-corrected chi connectivity index (χ4v) is 1.74. The zero-order valence-electron chi connectivity index (χ0n) is 8.22. The van der Waals surface area contributed by atoms with Gasteiger partial charge in [0.25, 0.3) is 0 Å². The molecular weight excluding hydrogens is 238 g/mol. The Labute approximate surface area is 98.8 Å². The van der Waals surface area contributed by atoms with Crippen LogP contribution in [-0.2, 0) is 0 Å². The highest BCUT2D eigenvalue weighted by atomic mass is 35.5. The molecule has 84 valence electrons. The van der Waals surface area contributed by atoms with E-state index in [9.17, 15) is 4.39 Å². The van der Waals surface area contributed by atoms with Crippen LogP contribution in [0.3, 0.4) is 0 Å². The van der Waals surface area contributed by atoms with E-state index in [1.54, 1.807) is 17.0 Å². The van der Waals surface area contributed by atoms with Gasteiger partial charge in [0.15, 0.2) is 0 Å². The maximum absolute atomic E-state index is 13.5. The first-order valence-corrected chi connectivity index (χ1v) is 5.68. The van der Waals surface area contributed by atoms with Crippen LogP contribution in [-0.4, -0.2) is 24.8 Å². The fraction of sp³-hybridized carbons (Fsp3) is 0.400. The van der Waals surface area contributed by atoms with Crippen molar-refractivity contribution in [2.24, 2.45) is 0 Å². The van der Waals surface area contributed by atoms with Crippen LogP contribution >= 0.6 is 23.2 Å². The average molecular weight is 251 g/mol. The molecule has 0 spiro atoms. The number of nitrogen functional groups attached to an aromatic ring is 1. The van der Waals surface area contributed by atoms with Crippen LogP contribution in [0.5, 0.6) is 0 Å². The summed E-state index contributed by atoms with van der Waals surface area (Å²) in [5, 5.41) is 0. The van der Waals surface area contributed by atoms with Gasteiger partial charge in [0.1, 0.15) is 5.82 Å². The molecule has 2 nitrogen and oxygen atoms in total. The number of nitrogens with zero attached hydrogens (tertiary/aromatic N) is 1. The number of alkyl halides is 2. The molecular formula is C10H13Cl2FN2. The Bertz CT molecular complexity index is 314. The predicted octanol–water partition coefficient (Wildman–Crippen LogP) is 2.69. The molecule has 0 unspecified atom stereocenters. The number of rotatable bonds is 5. The normalized spacial score (nSPS) is 10.3. The summed E-state index contributed by atoms with van der Waals surface area (Å²) in [5.41, 5.74) is 6.37. The van der Waals surface area contributed by atoms with Crippen molar-refractivity contribution in [3.05, 3.63) is 24.0 Å². The third-order valence-electron chi connectivity index (χ3n) is 2.02. The third-order valence-corrected chi connectivity index (χ3v) is 2.36. The Hall–Kier alpha value is -0.670. The van der Waals surface area contributed by atoms with E-state index < -0.39 is 0 Å². The largest absolute Gasteiger partial charge is 0.399 e. The molecule has 15 heavy (non-hydrogen) atoms. The summed E-state index contributed by atoms with van der Waals surface area (Å²) in [6, 6.07) is 4.60. The van der Waals surface area contributed by atoms with Gasteiger partial charge in [0.2, 0.25) is 0 Å². The Kier molecular flexibility index (Phi) is 4.99. The van der Waals surface area contributed by atoms with Crippen LogP contribution in [0.15, 0.2) is 18.2 Å². The minimum atomic E-state index is -0.342. The van der Waals surface area contributed by atoms with Crippen LogP contribution in [0.25, 0.3) is 0 Å². The van der Waals surface area contributed by atoms with Gasteiger partial charge in [-0.1, -0.05) is 0 Å². The van der Waals surface area contributed by atoms with Gasteiger partial charge in [0.05, 0.1) is 5.69 Å². The SMILES string of the molecule is Nc1ccc(N(CCCl)CCCl)c(F)c1. The summed E-state index contributed by atoms with van der Waals surface area (Å²) >= 11 is 11.3. The highest BCUT2D eigenvalue weighted by molar-refractivity contribution is 6.18. The van der Waals surface area contributed by atoms with Gasteiger partial charge >= 0.3 is 0 Å². The molecule has 5 heteroatoms. The molecule has 2 N–H and O–H groups in total. The average Bonchev–Trinajstić information content (AvgIpc) is 2.17. The first-order chi connectivity index (χ1) is 7.19. The molecule has 0 atom stereocenters. The molecule has 0 aliphatic rings. The second-order valence-electron chi connectivity index (χ2n) is 3.08. The second kappa shape index (κ2) is 6.03. The summed E-state index contributed by atoms with van der Waals surface area (Å²) in [6.07, 6.45) is 0. The quantitative estimate of drug-likeness (QED) is 0.644. The summed E-state index contributed by atoms with van der Waals surface area (Å²) in [7, 11) is 0. The van der Waals surface area contributed by atoms with E-state index >= 15 is 0 Å². The molecule has 0 saturated carbocycles. The Morgan fingerprint density at radius 2 is 1.80 bits per heavy atom. The Balaban J connectivity index is 2.89. The van der Waals surface area contributed by atoms with Gasteiger partial charge in [-0.3, -0.25) is 0 Å². The molecule has 1 aromatic rings. The Morgan fingerprint density at radius 3 is 2.27 bits per heavy atom. The number of benzene rings is 1. The van der Waals surface area contributed by atoms with Gasteiger partial charge in [0, 0.05) is 30.5 Å². The van der Waals surface area contributed by atoms with Crippen molar-refractivity contribution in [1.82, 2.24) is 0 Å². The monoisotopic (exact) mass is 250 g/mol. The van der Waals surface area contributed by atoms with Crippen molar-refractivity contribution in [1.29, 1.82) is 0 Å². The smallest absolute Gasteiger partial charge is 0.148 e. The van der Waals surface area contributed by atoms with Crippen molar-refractivity contribution in [3.8, 4) is 0 Å². The first kappa shape index (κ1) is 12.4. The first-order valence-electron chi connectivity index (χ1n) is 4.61. The molecule has 0 aliphatic carbocycles. The summed E-state index contributed by atoms with van der Waals surface area (Å²) < 4.78 is 13.5. The molecule has 0 amide bonds.